The number of aromatic nitrogens is 1. The third kappa shape index (κ3) is 4.10. The molecule has 1 heterocycles. The van der Waals surface area contributed by atoms with Crippen LogP contribution in [-0.4, -0.2) is 29.1 Å². The average Bonchev–Trinajstić information content (AvgIpc) is 2.86. The average molecular weight is 355 g/mol. The highest BCUT2D eigenvalue weighted by Crippen LogP contribution is 2.22. The molecule has 5 heteroatoms. The van der Waals surface area contributed by atoms with Crippen molar-refractivity contribution in [1.29, 1.82) is 0 Å². The fourth-order valence-electron chi connectivity index (χ4n) is 2.92. The van der Waals surface area contributed by atoms with Crippen LogP contribution in [0.2, 0.25) is 0 Å². The molecule has 0 amide bonds. The summed E-state index contributed by atoms with van der Waals surface area (Å²) in [5, 5.41) is 0. The van der Waals surface area contributed by atoms with Crippen molar-refractivity contribution in [2.24, 2.45) is 0 Å². The van der Waals surface area contributed by atoms with Gasteiger partial charge in [0, 0.05) is 16.8 Å². The lowest BCUT2D eigenvalue weighted by Crippen LogP contribution is -2.16. The van der Waals surface area contributed by atoms with Crippen LogP contribution in [0.1, 0.15) is 75.7 Å². The second kappa shape index (κ2) is 7.28. The number of nitrogens with one attached hydrogen (secondary N) is 1. The Labute approximate surface area is 153 Å². The van der Waals surface area contributed by atoms with Gasteiger partial charge in [-0.3, -0.25) is 9.59 Å². The highest BCUT2D eigenvalue weighted by atomic mass is 16.5. The molecule has 0 fully saturated rings. The van der Waals surface area contributed by atoms with Gasteiger partial charge >= 0.3 is 5.97 Å². The van der Waals surface area contributed by atoms with Crippen molar-refractivity contribution in [3.8, 4) is 0 Å². The Balaban J connectivity index is 2.07. The number of Topliss-reactive ketones (excluding diaryl/α,β-unsaturated/α-hetero) is 2. The lowest BCUT2D eigenvalue weighted by Gasteiger charge is -2.18. The van der Waals surface area contributed by atoms with E-state index >= 15 is 0 Å². The molecule has 0 aliphatic rings. The zero-order valence-electron chi connectivity index (χ0n) is 16.1. The summed E-state index contributed by atoms with van der Waals surface area (Å²) in [6.07, 6.45) is 0. The van der Waals surface area contributed by atoms with Crippen LogP contribution < -0.4 is 0 Å². The zero-order chi connectivity index (χ0) is 19.6. The SMILES string of the molecule is CC(=O)c1c(C)[nH]c(C(=O)OCC(=O)c2ccc(C(C)(C)C)cc2)c1C. The first kappa shape index (κ1) is 19.6. The van der Waals surface area contributed by atoms with E-state index in [1.165, 1.54) is 6.92 Å². The van der Waals surface area contributed by atoms with Gasteiger partial charge in [0.05, 0.1) is 0 Å². The van der Waals surface area contributed by atoms with E-state index in [1.807, 2.05) is 12.1 Å². The van der Waals surface area contributed by atoms with Gasteiger partial charge in [-0.15, -0.1) is 0 Å². The number of rotatable bonds is 5. The molecule has 2 rings (SSSR count). The van der Waals surface area contributed by atoms with E-state index in [0.29, 0.717) is 22.4 Å². The Kier molecular flexibility index (Phi) is 5.50. The molecule has 0 unspecified atom stereocenters. The summed E-state index contributed by atoms with van der Waals surface area (Å²) < 4.78 is 5.14. The number of ether oxygens (including phenoxy) is 1. The van der Waals surface area contributed by atoms with E-state index in [-0.39, 0.29) is 29.3 Å². The maximum atomic E-state index is 12.3. The van der Waals surface area contributed by atoms with Crippen LogP contribution in [0.4, 0.5) is 0 Å². The van der Waals surface area contributed by atoms with Crippen molar-refractivity contribution in [2.75, 3.05) is 6.61 Å². The second-order valence-corrected chi connectivity index (χ2v) is 7.51. The minimum absolute atomic E-state index is 0.00542. The van der Waals surface area contributed by atoms with E-state index in [2.05, 4.69) is 25.8 Å². The molecular formula is C21H25NO4. The second-order valence-electron chi connectivity index (χ2n) is 7.51. The molecule has 0 spiro atoms. The van der Waals surface area contributed by atoms with Gasteiger partial charge in [0.15, 0.2) is 18.2 Å². The molecule has 0 bridgehead atoms. The molecule has 5 nitrogen and oxygen atoms in total. The molecule has 1 aromatic heterocycles. The van der Waals surface area contributed by atoms with E-state index in [4.69, 9.17) is 4.74 Å². The van der Waals surface area contributed by atoms with Crippen LogP contribution in [0.15, 0.2) is 24.3 Å². The van der Waals surface area contributed by atoms with Crippen LogP contribution >= 0.6 is 0 Å². The molecule has 0 aliphatic carbocycles. The van der Waals surface area contributed by atoms with Crippen molar-refractivity contribution < 1.29 is 19.1 Å². The number of aryl methyl sites for hydroxylation is 1. The predicted molar refractivity (Wildman–Crippen MR) is 100 cm³/mol. The van der Waals surface area contributed by atoms with E-state index in [9.17, 15) is 14.4 Å². The number of H-pyrrole nitrogens is 1. The van der Waals surface area contributed by atoms with Gasteiger partial charge < -0.3 is 9.72 Å². The Morgan fingerprint density at radius 1 is 1.04 bits per heavy atom. The lowest BCUT2D eigenvalue weighted by molar-refractivity contribution is 0.0468. The first-order chi connectivity index (χ1) is 12.0. The summed E-state index contributed by atoms with van der Waals surface area (Å²) in [4.78, 5) is 39.0. The highest BCUT2D eigenvalue weighted by Gasteiger charge is 2.22. The van der Waals surface area contributed by atoms with E-state index < -0.39 is 5.97 Å². The molecule has 0 aliphatic heterocycles. The minimum Gasteiger partial charge on any atom is -0.453 e. The van der Waals surface area contributed by atoms with Crippen molar-refractivity contribution >= 4 is 17.5 Å². The third-order valence-corrected chi connectivity index (χ3v) is 4.40. The molecule has 1 aromatic carbocycles. The fraction of sp³-hybridized carbons (Fsp3) is 0.381. The standard InChI is InChI=1S/C21H25NO4/c1-12-18(14(3)23)13(2)22-19(12)20(25)26-11-17(24)15-7-9-16(10-8-15)21(4,5)6/h7-10,22H,11H2,1-6H3. The number of hydrogen-bond donors (Lipinski definition) is 1. The predicted octanol–water partition coefficient (Wildman–Crippen LogP) is 4.17. The number of ketones is 2. The summed E-state index contributed by atoms with van der Waals surface area (Å²) in [5.74, 6) is -1.03. The number of hydrogen-bond acceptors (Lipinski definition) is 4. The summed E-state index contributed by atoms with van der Waals surface area (Å²) in [7, 11) is 0. The first-order valence-electron chi connectivity index (χ1n) is 8.53. The number of benzene rings is 1. The number of aromatic amines is 1. The Bertz CT molecular complexity index is 851. The van der Waals surface area contributed by atoms with Crippen LogP contribution in [-0.2, 0) is 10.2 Å². The van der Waals surface area contributed by atoms with Gasteiger partial charge in [0.1, 0.15) is 5.69 Å². The van der Waals surface area contributed by atoms with Gasteiger partial charge in [-0.25, -0.2) is 4.79 Å². The van der Waals surface area contributed by atoms with E-state index in [0.717, 1.165) is 5.56 Å². The quantitative estimate of drug-likeness (QED) is 0.645. The summed E-state index contributed by atoms with van der Waals surface area (Å²) in [5.41, 5.74) is 3.48. The van der Waals surface area contributed by atoms with Crippen molar-refractivity contribution in [3.05, 3.63) is 57.9 Å². The topological polar surface area (TPSA) is 76.2 Å². The summed E-state index contributed by atoms with van der Waals surface area (Å²) in [6, 6.07) is 7.31. The van der Waals surface area contributed by atoms with Gasteiger partial charge in [0.2, 0.25) is 0 Å². The summed E-state index contributed by atoms with van der Waals surface area (Å²) >= 11 is 0. The van der Waals surface area contributed by atoms with Crippen LogP contribution in [0.3, 0.4) is 0 Å². The largest absolute Gasteiger partial charge is 0.453 e. The van der Waals surface area contributed by atoms with Crippen molar-refractivity contribution in [3.63, 3.8) is 0 Å². The zero-order valence-corrected chi connectivity index (χ0v) is 16.1. The van der Waals surface area contributed by atoms with Crippen LogP contribution in [0, 0.1) is 13.8 Å². The van der Waals surface area contributed by atoms with Crippen LogP contribution in [0.25, 0.3) is 0 Å². The first-order valence-corrected chi connectivity index (χ1v) is 8.53. The Morgan fingerprint density at radius 2 is 1.62 bits per heavy atom. The maximum Gasteiger partial charge on any atom is 0.355 e. The van der Waals surface area contributed by atoms with Gasteiger partial charge in [-0.2, -0.15) is 0 Å². The Hall–Kier alpha value is -2.69. The minimum atomic E-state index is -0.641. The Morgan fingerprint density at radius 3 is 2.08 bits per heavy atom. The fourth-order valence-corrected chi connectivity index (χ4v) is 2.92. The number of carbonyl (C=O) groups is 3. The molecule has 0 atom stereocenters. The molecular weight excluding hydrogens is 330 g/mol. The van der Waals surface area contributed by atoms with Gasteiger partial charge in [-0.05, 0) is 37.3 Å². The van der Waals surface area contributed by atoms with Gasteiger partial charge in [-0.1, -0.05) is 45.0 Å². The van der Waals surface area contributed by atoms with Crippen molar-refractivity contribution in [2.45, 2.75) is 47.0 Å². The molecule has 26 heavy (non-hydrogen) atoms. The lowest BCUT2D eigenvalue weighted by atomic mass is 9.86. The number of carbonyl (C=O) groups excluding carboxylic acids is 3. The molecule has 0 radical (unpaired) electrons. The molecule has 0 saturated heterocycles. The monoisotopic (exact) mass is 355 g/mol. The smallest absolute Gasteiger partial charge is 0.355 e. The molecule has 0 saturated carbocycles. The normalized spacial score (nSPS) is 11.3. The van der Waals surface area contributed by atoms with Crippen LogP contribution in [0.5, 0.6) is 0 Å². The molecule has 2 aromatic rings. The van der Waals surface area contributed by atoms with Gasteiger partial charge in [0.25, 0.3) is 0 Å². The molecule has 138 valence electrons. The maximum absolute atomic E-state index is 12.3. The number of esters is 1. The third-order valence-electron chi connectivity index (χ3n) is 4.40. The molecule has 1 N–H and O–H groups in total. The summed E-state index contributed by atoms with van der Waals surface area (Å²) in [6.45, 7) is 10.8. The van der Waals surface area contributed by atoms with Crippen molar-refractivity contribution in [1.82, 2.24) is 4.98 Å². The highest BCUT2D eigenvalue weighted by molar-refractivity contribution is 6.02. The van der Waals surface area contributed by atoms with E-state index in [1.54, 1.807) is 26.0 Å².